The Balaban J connectivity index is 2.67. The van der Waals surface area contributed by atoms with Crippen LogP contribution >= 0.6 is 0 Å². The van der Waals surface area contributed by atoms with E-state index in [1.165, 1.54) is 0 Å². The quantitative estimate of drug-likeness (QED) is 0.665. The minimum Gasteiger partial charge on any atom is -0.333 e. The molecule has 6 amide bonds. The second-order valence-corrected chi connectivity index (χ2v) is 6.36. The van der Waals surface area contributed by atoms with Crippen molar-refractivity contribution in [2.45, 2.75) is 58.5 Å². The van der Waals surface area contributed by atoms with Crippen LogP contribution in [0.2, 0.25) is 0 Å². The van der Waals surface area contributed by atoms with Crippen LogP contribution in [0.5, 0.6) is 0 Å². The molecule has 0 aromatic carbocycles. The maximum atomic E-state index is 12.3. The minimum atomic E-state index is -0.953. The number of carbonyl (C=O) groups is 4. The number of urea groups is 2. The first-order valence-corrected chi connectivity index (χ1v) is 7.30. The van der Waals surface area contributed by atoms with E-state index in [-0.39, 0.29) is 0 Å². The Kier molecular flexibility index (Phi) is 5.16. The van der Waals surface area contributed by atoms with Crippen LogP contribution in [-0.2, 0) is 9.59 Å². The highest BCUT2D eigenvalue weighted by molar-refractivity contribution is 6.09. The maximum Gasteiger partial charge on any atom is 0.325 e. The standard InChI is InChI=1S/C14H24N4O4/c1-6-14(7-2)10(20)18(12(22)17-14)8-9(19)15-11(21)16-13(3,4)5/h6-8H2,1-5H3,(H,17,22)(H2,15,16,19,21). The second-order valence-electron chi connectivity index (χ2n) is 6.36. The lowest BCUT2D eigenvalue weighted by atomic mass is 9.93. The van der Waals surface area contributed by atoms with Gasteiger partial charge in [-0.3, -0.25) is 19.8 Å². The van der Waals surface area contributed by atoms with Crippen LogP contribution < -0.4 is 16.0 Å². The molecule has 124 valence electrons. The molecule has 0 radical (unpaired) electrons. The number of nitrogens with zero attached hydrogens (tertiary/aromatic N) is 1. The first kappa shape index (κ1) is 17.9. The van der Waals surface area contributed by atoms with Gasteiger partial charge >= 0.3 is 12.1 Å². The van der Waals surface area contributed by atoms with E-state index in [0.29, 0.717) is 12.8 Å². The average molecular weight is 312 g/mol. The van der Waals surface area contributed by atoms with E-state index in [1.807, 2.05) is 0 Å². The molecule has 22 heavy (non-hydrogen) atoms. The number of carbonyl (C=O) groups excluding carboxylic acids is 4. The van der Waals surface area contributed by atoms with Gasteiger partial charge in [0.25, 0.3) is 5.91 Å². The number of amides is 6. The first-order chi connectivity index (χ1) is 10.0. The van der Waals surface area contributed by atoms with Gasteiger partial charge in [0.15, 0.2) is 0 Å². The minimum absolute atomic E-state index is 0.436. The Bertz CT molecular complexity index is 492. The monoisotopic (exact) mass is 312 g/mol. The summed E-state index contributed by atoms with van der Waals surface area (Å²) in [5.74, 6) is -1.15. The van der Waals surface area contributed by atoms with Crippen LogP contribution in [0, 0.1) is 0 Å². The van der Waals surface area contributed by atoms with Crippen molar-refractivity contribution >= 4 is 23.9 Å². The van der Waals surface area contributed by atoms with Crippen LogP contribution in [0.15, 0.2) is 0 Å². The summed E-state index contributed by atoms with van der Waals surface area (Å²) in [5, 5.41) is 7.29. The SMILES string of the molecule is CCC1(CC)NC(=O)N(CC(=O)NC(=O)NC(C)(C)C)C1=O. The van der Waals surface area contributed by atoms with Crippen molar-refractivity contribution in [1.82, 2.24) is 20.9 Å². The molecule has 1 aliphatic heterocycles. The summed E-state index contributed by atoms with van der Waals surface area (Å²) < 4.78 is 0. The second kappa shape index (κ2) is 6.33. The molecule has 8 nitrogen and oxygen atoms in total. The average Bonchev–Trinajstić information content (AvgIpc) is 2.61. The third-order valence-corrected chi connectivity index (χ3v) is 3.50. The molecule has 0 saturated carbocycles. The molecule has 1 saturated heterocycles. The van der Waals surface area contributed by atoms with Crippen LogP contribution in [0.1, 0.15) is 47.5 Å². The molecule has 3 N–H and O–H groups in total. The van der Waals surface area contributed by atoms with Gasteiger partial charge in [0.2, 0.25) is 5.91 Å². The van der Waals surface area contributed by atoms with Crippen molar-refractivity contribution in [3.05, 3.63) is 0 Å². The van der Waals surface area contributed by atoms with Crippen molar-refractivity contribution in [1.29, 1.82) is 0 Å². The molecule has 0 bridgehead atoms. The molecule has 0 aliphatic carbocycles. The molecule has 0 unspecified atom stereocenters. The Hall–Kier alpha value is -2.12. The topological polar surface area (TPSA) is 108 Å². The van der Waals surface area contributed by atoms with Crippen LogP contribution in [0.25, 0.3) is 0 Å². The molecular weight excluding hydrogens is 288 g/mol. The van der Waals surface area contributed by atoms with Crippen LogP contribution in [0.4, 0.5) is 9.59 Å². The Morgan fingerprint density at radius 1 is 1.18 bits per heavy atom. The summed E-state index contributed by atoms with van der Waals surface area (Å²) in [6, 6.07) is -1.28. The summed E-state index contributed by atoms with van der Waals surface area (Å²) in [6.45, 7) is 8.41. The van der Waals surface area contributed by atoms with Gasteiger partial charge in [-0.15, -0.1) is 0 Å². The van der Waals surface area contributed by atoms with E-state index in [9.17, 15) is 19.2 Å². The van der Waals surface area contributed by atoms with E-state index < -0.39 is 41.5 Å². The molecule has 0 aromatic rings. The van der Waals surface area contributed by atoms with E-state index in [1.54, 1.807) is 34.6 Å². The predicted molar refractivity (Wildman–Crippen MR) is 80.0 cm³/mol. The molecule has 8 heteroatoms. The zero-order valence-corrected chi connectivity index (χ0v) is 13.7. The van der Waals surface area contributed by atoms with Crippen molar-refractivity contribution in [2.75, 3.05) is 6.54 Å². The smallest absolute Gasteiger partial charge is 0.325 e. The van der Waals surface area contributed by atoms with Gasteiger partial charge in [-0.1, -0.05) is 13.8 Å². The van der Waals surface area contributed by atoms with E-state index in [4.69, 9.17) is 0 Å². The van der Waals surface area contributed by atoms with Crippen LogP contribution in [0.3, 0.4) is 0 Å². The molecule has 1 fully saturated rings. The van der Waals surface area contributed by atoms with Gasteiger partial charge in [-0.05, 0) is 33.6 Å². The van der Waals surface area contributed by atoms with Gasteiger partial charge in [0, 0.05) is 5.54 Å². The summed E-state index contributed by atoms with van der Waals surface area (Å²) in [7, 11) is 0. The Labute approximate surface area is 130 Å². The highest BCUT2D eigenvalue weighted by atomic mass is 16.2. The lowest BCUT2D eigenvalue weighted by Crippen LogP contribution is -2.51. The highest BCUT2D eigenvalue weighted by Crippen LogP contribution is 2.24. The predicted octanol–water partition coefficient (Wildman–Crippen LogP) is 0.721. The maximum absolute atomic E-state index is 12.3. The van der Waals surface area contributed by atoms with Crippen molar-refractivity contribution in [3.8, 4) is 0 Å². The zero-order chi connectivity index (χ0) is 17.1. The van der Waals surface area contributed by atoms with Gasteiger partial charge < -0.3 is 10.6 Å². The fraction of sp³-hybridized carbons (Fsp3) is 0.714. The number of rotatable bonds is 4. The molecule has 0 aromatic heterocycles. The van der Waals surface area contributed by atoms with Crippen molar-refractivity contribution in [3.63, 3.8) is 0 Å². The van der Waals surface area contributed by atoms with E-state index in [0.717, 1.165) is 4.90 Å². The number of imide groups is 2. The molecule has 0 spiro atoms. The summed E-state index contributed by atoms with van der Waals surface area (Å²) in [4.78, 5) is 48.5. The Morgan fingerprint density at radius 2 is 1.73 bits per heavy atom. The largest absolute Gasteiger partial charge is 0.333 e. The molecule has 1 heterocycles. The van der Waals surface area contributed by atoms with Gasteiger partial charge in [-0.2, -0.15) is 0 Å². The molecular formula is C14H24N4O4. The first-order valence-electron chi connectivity index (χ1n) is 7.30. The van der Waals surface area contributed by atoms with Gasteiger partial charge in [0.1, 0.15) is 12.1 Å². The third-order valence-electron chi connectivity index (χ3n) is 3.50. The number of hydrogen-bond acceptors (Lipinski definition) is 4. The van der Waals surface area contributed by atoms with E-state index in [2.05, 4.69) is 16.0 Å². The summed E-state index contributed by atoms with van der Waals surface area (Å²) >= 11 is 0. The summed E-state index contributed by atoms with van der Waals surface area (Å²) in [6.07, 6.45) is 0.882. The van der Waals surface area contributed by atoms with Crippen molar-refractivity contribution < 1.29 is 19.2 Å². The fourth-order valence-electron chi connectivity index (χ4n) is 2.23. The number of hydrogen-bond donors (Lipinski definition) is 3. The number of nitrogens with one attached hydrogen (secondary N) is 3. The molecule has 1 rings (SSSR count). The molecule has 0 atom stereocenters. The normalized spacial score (nSPS) is 17.2. The summed E-state index contributed by atoms with van der Waals surface area (Å²) in [5.41, 5.74) is -1.45. The van der Waals surface area contributed by atoms with Gasteiger partial charge in [-0.25, -0.2) is 9.59 Å². The van der Waals surface area contributed by atoms with Crippen LogP contribution in [-0.4, -0.2) is 46.4 Å². The lowest BCUT2D eigenvalue weighted by molar-refractivity contribution is -0.135. The third kappa shape index (κ3) is 3.96. The van der Waals surface area contributed by atoms with E-state index >= 15 is 0 Å². The molecule has 1 aliphatic rings. The van der Waals surface area contributed by atoms with Gasteiger partial charge in [0.05, 0.1) is 0 Å². The Morgan fingerprint density at radius 3 is 2.14 bits per heavy atom. The zero-order valence-electron chi connectivity index (χ0n) is 13.7. The lowest BCUT2D eigenvalue weighted by Gasteiger charge is -2.23. The highest BCUT2D eigenvalue weighted by Gasteiger charge is 2.49. The fourth-order valence-corrected chi connectivity index (χ4v) is 2.23. The van der Waals surface area contributed by atoms with Crippen molar-refractivity contribution in [2.24, 2.45) is 0 Å².